The Labute approximate surface area is 145 Å². The first kappa shape index (κ1) is 16.4. The van der Waals surface area contributed by atoms with Crippen LogP contribution in [0.4, 0.5) is 5.69 Å². The fraction of sp³-hybridized carbons (Fsp3) is 0.278. The van der Waals surface area contributed by atoms with Crippen molar-refractivity contribution in [1.29, 1.82) is 0 Å². The number of anilines is 1. The second-order valence-corrected chi connectivity index (χ2v) is 6.58. The number of carbonyl (C=O) groups excluding carboxylic acids is 1. The Morgan fingerprint density at radius 2 is 2.17 bits per heavy atom. The van der Waals surface area contributed by atoms with Crippen LogP contribution in [0.1, 0.15) is 23.7 Å². The van der Waals surface area contributed by atoms with Crippen LogP contribution in [0.25, 0.3) is 10.7 Å². The number of benzene rings is 1. The molecule has 0 atom stereocenters. The molecule has 0 radical (unpaired) electrons. The van der Waals surface area contributed by atoms with Gasteiger partial charge < -0.3 is 9.88 Å². The van der Waals surface area contributed by atoms with Crippen LogP contribution in [0.3, 0.4) is 0 Å². The van der Waals surface area contributed by atoms with Crippen molar-refractivity contribution >= 4 is 22.9 Å². The highest BCUT2D eigenvalue weighted by Gasteiger charge is 2.10. The zero-order valence-electron chi connectivity index (χ0n) is 14.0. The number of hydrogen-bond donors (Lipinski definition) is 1. The minimum absolute atomic E-state index is 0.0685. The molecule has 0 unspecified atom stereocenters. The Morgan fingerprint density at radius 1 is 1.33 bits per heavy atom. The zero-order valence-corrected chi connectivity index (χ0v) is 14.9. The molecular weight excluding hydrogens is 320 g/mol. The van der Waals surface area contributed by atoms with E-state index in [1.807, 2.05) is 43.6 Å². The van der Waals surface area contributed by atoms with E-state index in [9.17, 15) is 4.79 Å². The SMILES string of the molecule is CCc1csc(-c2cn(CC(=O)Nc3cccc(C)c3C)cn2)n1. The average Bonchev–Trinajstić information content (AvgIpc) is 3.20. The Morgan fingerprint density at radius 3 is 2.92 bits per heavy atom. The number of thiazole rings is 1. The van der Waals surface area contributed by atoms with Crippen LogP contribution in [-0.2, 0) is 17.8 Å². The number of carbonyl (C=O) groups is 1. The largest absolute Gasteiger partial charge is 0.327 e. The Bertz CT molecular complexity index is 866. The number of aromatic nitrogens is 3. The molecule has 1 N–H and O–H groups in total. The average molecular weight is 340 g/mol. The van der Waals surface area contributed by atoms with Crippen LogP contribution in [0, 0.1) is 13.8 Å². The normalized spacial score (nSPS) is 10.8. The molecule has 5 nitrogen and oxygen atoms in total. The first-order valence-corrected chi connectivity index (χ1v) is 8.77. The van der Waals surface area contributed by atoms with Crippen LogP contribution in [0.2, 0.25) is 0 Å². The molecule has 0 saturated carbocycles. The third-order valence-corrected chi connectivity index (χ3v) is 4.88. The molecule has 6 heteroatoms. The lowest BCUT2D eigenvalue weighted by Crippen LogP contribution is -2.18. The quantitative estimate of drug-likeness (QED) is 0.768. The third kappa shape index (κ3) is 3.54. The standard InChI is InChI=1S/C18H20N4OS/c1-4-14-10-24-18(20-14)16-8-22(11-19-16)9-17(23)21-15-7-5-6-12(2)13(15)3/h5-8,10-11H,4,9H2,1-3H3,(H,21,23). The van der Waals surface area contributed by atoms with Crippen molar-refractivity contribution in [1.82, 2.24) is 14.5 Å². The lowest BCUT2D eigenvalue weighted by Gasteiger charge is -2.10. The smallest absolute Gasteiger partial charge is 0.244 e. The number of amides is 1. The number of aryl methyl sites for hydroxylation is 2. The molecule has 3 rings (SSSR count). The van der Waals surface area contributed by atoms with Crippen molar-refractivity contribution in [2.24, 2.45) is 0 Å². The molecule has 0 spiro atoms. The summed E-state index contributed by atoms with van der Waals surface area (Å²) in [7, 11) is 0. The number of hydrogen-bond acceptors (Lipinski definition) is 4. The molecule has 0 aliphatic carbocycles. The summed E-state index contributed by atoms with van der Waals surface area (Å²) in [6.45, 7) is 6.35. The van der Waals surface area contributed by atoms with Gasteiger partial charge in [0.05, 0.1) is 12.0 Å². The van der Waals surface area contributed by atoms with E-state index in [-0.39, 0.29) is 12.5 Å². The number of imidazole rings is 1. The van der Waals surface area contributed by atoms with Crippen LogP contribution in [-0.4, -0.2) is 20.4 Å². The summed E-state index contributed by atoms with van der Waals surface area (Å²) in [6.07, 6.45) is 4.45. The highest BCUT2D eigenvalue weighted by Crippen LogP contribution is 2.22. The summed E-state index contributed by atoms with van der Waals surface area (Å²) >= 11 is 1.58. The molecule has 1 amide bonds. The maximum Gasteiger partial charge on any atom is 0.244 e. The van der Waals surface area contributed by atoms with Gasteiger partial charge >= 0.3 is 0 Å². The van der Waals surface area contributed by atoms with Crippen molar-refractivity contribution < 1.29 is 4.79 Å². The van der Waals surface area contributed by atoms with Gasteiger partial charge in [0.2, 0.25) is 5.91 Å². The van der Waals surface area contributed by atoms with E-state index in [4.69, 9.17) is 0 Å². The van der Waals surface area contributed by atoms with E-state index >= 15 is 0 Å². The number of nitrogens with one attached hydrogen (secondary N) is 1. The zero-order chi connectivity index (χ0) is 17.1. The van der Waals surface area contributed by atoms with Crippen molar-refractivity contribution in [2.45, 2.75) is 33.7 Å². The van der Waals surface area contributed by atoms with E-state index in [1.54, 1.807) is 22.2 Å². The van der Waals surface area contributed by atoms with E-state index in [0.29, 0.717) is 0 Å². The Balaban J connectivity index is 1.68. The van der Waals surface area contributed by atoms with E-state index in [2.05, 4.69) is 22.2 Å². The lowest BCUT2D eigenvalue weighted by molar-refractivity contribution is -0.116. The second kappa shape index (κ2) is 6.97. The van der Waals surface area contributed by atoms with Crippen LogP contribution in [0.5, 0.6) is 0 Å². The van der Waals surface area contributed by atoms with Gasteiger partial charge in [-0.2, -0.15) is 0 Å². The van der Waals surface area contributed by atoms with E-state index in [0.717, 1.165) is 39.6 Å². The minimum Gasteiger partial charge on any atom is -0.327 e. The molecular formula is C18H20N4OS. The summed E-state index contributed by atoms with van der Waals surface area (Å²) in [4.78, 5) is 21.1. The van der Waals surface area contributed by atoms with Crippen LogP contribution < -0.4 is 5.32 Å². The molecule has 0 fully saturated rings. The summed E-state index contributed by atoms with van der Waals surface area (Å²) < 4.78 is 1.78. The second-order valence-electron chi connectivity index (χ2n) is 5.72. The van der Waals surface area contributed by atoms with Crippen molar-refractivity contribution in [3.8, 4) is 10.7 Å². The molecule has 3 aromatic rings. The van der Waals surface area contributed by atoms with Gasteiger partial charge in [0.1, 0.15) is 17.2 Å². The fourth-order valence-electron chi connectivity index (χ4n) is 2.39. The van der Waals surface area contributed by atoms with Gasteiger partial charge in [0.15, 0.2) is 0 Å². The molecule has 124 valence electrons. The van der Waals surface area contributed by atoms with Crippen molar-refractivity contribution in [2.75, 3.05) is 5.32 Å². The molecule has 1 aromatic carbocycles. The summed E-state index contributed by atoms with van der Waals surface area (Å²) in [5, 5.41) is 5.89. The topological polar surface area (TPSA) is 59.8 Å². The minimum atomic E-state index is -0.0685. The summed E-state index contributed by atoms with van der Waals surface area (Å²) in [5.74, 6) is -0.0685. The number of rotatable bonds is 5. The Kier molecular flexibility index (Phi) is 4.76. The van der Waals surface area contributed by atoms with Gasteiger partial charge in [-0.05, 0) is 37.5 Å². The van der Waals surface area contributed by atoms with Crippen molar-refractivity contribution in [3.63, 3.8) is 0 Å². The predicted octanol–water partition coefficient (Wildman–Crippen LogP) is 3.82. The lowest BCUT2D eigenvalue weighted by atomic mass is 10.1. The van der Waals surface area contributed by atoms with E-state index in [1.165, 1.54) is 0 Å². The molecule has 0 aliphatic rings. The first-order chi connectivity index (χ1) is 11.6. The molecule has 0 bridgehead atoms. The Hall–Kier alpha value is -2.47. The highest BCUT2D eigenvalue weighted by atomic mass is 32.1. The highest BCUT2D eigenvalue weighted by molar-refractivity contribution is 7.13. The van der Waals surface area contributed by atoms with Crippen molar-refractivity contribution in [3.05, 3.63) is 52.9 Å². The molecule has 0 aliphatic heterocycles. The van der Waals surface area contributed by atoms with Crippen LogP contribution >= 0.6 is 11.3 Å². The van der Waals surface area contributed by atoms with E-state index < -0.39 is 0 Å². The first-order valence-electron chi connectivity index (χ1n) is 7.89. The number of nitrogens with zero attached hydrogens (tertiary/aromatic N) is 3. The summed E-state index contributed by atoms with van der Waals surface area (Å²) in [5.41, 5.74) is 4.98. The van der Waals surface area contributed by atoms with Gasteiger partial charge in [-0.25, -0.2) is 9.97 Å². The predicted molar refractivity (Wildman–Crippen MR) is 97.3 cm³/mol. The third-order valence-electron chi connectivity index (χ3n) is 3.97. The van der Waals surface area contributed by atoms with Gasteiger partial charge in [-0.1, -0.05) is 19.1 Å². The molecule has 24 heavy (non-hydrogen) atoms. The maximum atomic E-state index is 12.3. The van der Waals surface area contributed by atoms with Gasteiger partial charge in [0.25, 0.3) is 0 Å². The molecule has 2 aromatic heterocycles. The van der Waals surface area contributed by atoms with Gasteiger partial charge in [-0.3, -0.25) is 4.79 Å². The van der Waals surface area contributed by atoms with Gasteiger partial charge in [-0.15, -0.1) is 11.3 Å². The molecule has 2 heterocycles. The molecule has 0 saturated heterocycles. The van der Waals surface area contributed by atoms with Gasteiger partial charge in [0, 0.05) is 17.3 Å². The fourth-order valence-corrected chi connectivity index (χ4v) is 3.25. The van der Waals surface area contributed by atoms with Crippen LogP contribution in [0.15, 0.2) is 36.1 Å². The maximum absolute atomic E-state index is 12.3. The monoisotopic (exact) mass is 340 g/mol. The summed E-state index contributed by atoms with van der Waals surface area (Å²) in [6, 6.07) is 5.90.